The van der Waals surface area contributed by atoms with Gasteiger partial charge in [-0.1, -0.05) is 103 Å². The van der Waals surface area contributed by atoms with Gasteiger partial charge in [0.2, 0.25) is 11.8 Å². The maximum absolute atomic E-state index is 14.8. The van der Waals surface area contributed by atoms with Crippen LogP contribution in [0.2, 0.25) is 10.0 Å². The third-order valence-corrected chi connectivity index (χ3v) is 10.7. The molecule has 0 bridgehead atoms. The number of ether oxygens (including phenoxy) is 1. The van der Waals surface area contributed by atoms with Crippen molar-refractivity contribution in [1.82, 2.24) is 10.2 Å². The van der Waals surface area contributed by atoms with E-state index in [9.17, 15) is 18.0 Å². The fraction of sp³-hybridized carbons (Fsp3) is 0.297. The van der Waals surface area contributed by atoms with Crippen molar-refractivity contribution in [2.45, 2.75) is 62.6 Å². The monoisotopic (exact) mass is 707 g/mol. The molecule has 252 valence electrons. The van der Waals surface area contributed by atoms with Crippen molar-refractivity contribution in [3.8, 4) is 5.75 Å². The van der Waals surface area contributed by atoms with Crippen LogP contribution in [0.15, 0.2) is 108 Å². The molecule has 1 fully saturated rings. The lowest BCUT2D eigenvalue weighted by Crippen LogP contribution is -2.54. The van der Waals surface area contributed by atoms with E-state index >= 15 is 0 Å². The predicted molar refractivity (Wildman–Crippen MR) is 190 cm³/mol. The van der Waals surface area contributed by atoms with Crippen molar-refractivity contribution >= 4 is 50.7 Å². The van der Waals surface area contributed by atoms with Gasteiger partial charge in [-0.3, -0.25) is 13.9 Å². The number of carbonyl (C=O) groups is 2. The maximum atomic E-state index is 14.8. The Morgan fingerprint density at radius 1 is 0.896 bits per heavy atom. The normalized spacial score (nSPS) is 13.9. The van der Waals surface area contributed by atoms with Crippen LogP contribution in [0.1, 0.15) is 43.7 Å². The van der Waals surface area contributed by atoms with Crippen molar-refractivity contribution in [3.63, 3.8) is 0 Å². The van der Waals surface area contributed by atoms with E-state index in [1.807, 2.05) is 30.3 Å². The zero-order valence-corrected chi connectivity index (χ0v) is 29.1. The minimum Gasteiger partial charge on any atom is -0.492 e. The fourth-order valence-electron chi connectivity index (χ4n) is 5.93. The summed E-state index contributed by atoms with van der Waals surface area (Å²) in [5.41, 5.74) is 1.61. The van der Waals surface area contributed by atoms with E-state index in [1.165, 1.54) is 17.0 Å². The minimum absolute atomic E-state index is 0.000119. The van der Waals surface area contributed by atoms with Gasteiger partial charge in [0.25, 0.3) is 10.0 Å². The number of benzene rings is 4. The largest absolute Gasteiger partial charge is 0.492 e. The Kier molecular flexibility index (Phi) is 12.0. The lowest BCUT2D eigenvalue weighted by Gasteiger charge is -2.34. The summed E-state index contributed by atoms with van der Waals surface area (Å²) < 4.78 is 35.5. The van der Waals surface area contributed by atoms with Crippen LogP contribution in [0.25, 0.3) is 0 Å². The molecular weight excluding hydrogens is 669 g/mol. The topological polar surface area (TPSA) is 96.0 Å². The summed E-state index contributed by atoms with van der Waals surface area (Å²) in [6.07, 6.45) is 3.96. The number of rotatable bonds is 14. The molecule has 1 aliphatic carbocycles. The Balaban J connectivity index is 1.60. The SMILES string of the molecule is CCOc1ccccc1N(CC(=O)N(Cc1ccc(Cl)cc1Cl)[C@@H](Cc1ccccc1)C(=O)NC1CCCC1)S(=O)(=O)c1ccccc1. The summed E-state index contributed by atoms with van der Waals surface area (Å²) in [5, 5.41) is 3.92. The number of halogens is 2. The van der Waals surface area contributed by atoms with Gasteiger partial charge in [0.1, 0.15) is 18.3 Å². The van der Waals surface area contributed by atoms with Crippen LogP contribution in [0.3, 0.4) is 0 Å². The summed E-state index contributed by atoms with van der Waals surface area (Å²) in [4.78, 5) is 30.4. The van der Waals surface area contributed by atoms with Crippen LogP contribution in [0.5, 0.6) is 5.75 Å². The lowest BCUT2D eigenvalue weighted by atomic mass is 10.0. The molecule has 0 heterocycles. The van der Waals surface area contributed by atoms with Gasteiger partial charge in [-0.05, 0) is 67.3 Å². The van der Waals surface area contributed by atoms with Crippen LogP contribution in [0, 0.1) is 0 Å². The molecule has 0 spiro atoms. The van der Waals surface area contributed by atoms with E-state index in [4.69, 9.17) is 27.9 Å². The molecule has 4 aromatic carbocycles. The number of nitrogens with one attached hydrogen (secondary N) is 1. The molecule has 8 nitrogen and oxygen atoms in total. The molecule has 0 saturated heterocycles. The van der Waals surface area contributed by atoms with E-state index in [0.29, 0.717) is 21.4 Å². The van der Waals surface area contributed by atoms with Gasteiger partial charge in [-0.15, -0.1) is 0 Å². The molecule has 5 rings (SSSR count). The van der Waals surface area contributed by atoms with Crippen molar-refractivity contribution in [3.05, 3.63) is 124 Å². The molecule has 4 aromatic rings. The summed E-state index contributed by atoms with van der Waals surface area (Å²) >= 11 is 12.8. The number of anilines is 1. The van der Waals surface area contributed by atoms with Crippen molar-refractivity contribution < 1.29 is 22.7 Å². The average molecular weight is 709 g/mol. The second kappa shape index (κ2) is 16.4. The Morgan fingerprint density at radius 3 is 2.21 bits per heavy atom. The number of sulfonamides is 1. The van der Waals surface area contributed by atoms with Crippen LogP contribution < -0.4 is 14.4 Å². The predicted octanol–water partition coefficient (Wildman–Crippen LogP) is 7.29. The Hall–Kier alpha value is -4.05. The zero-order chi connectivity index (χ0) is 34.1. The first-order valence-corrected chi connectivity index (χ1v) is 18.2. The molecular formula is C37H39Cl2N3O5S. The smallest absolute Gasteiger partial charge is 0.264 e. The summed E-state index contributed by atoms with van der Waals surface area (Å²) in [6.45, 7) is 1.42. The molecule has 2 amide bonds. The van der Waals surface area contributed by atoms with Crippen LogP contribution in [0.4, 0.5) is 5.69 Å². The zero-order valence-electron chi connectivity index (χ0n) is 26.7. The van der Waals surface area contributed by atoms with E-state index < -0.39 is 28.5 Å². The highest BCUT2D eigenvalue weighted by Crippen LogP contribution is 2.33. The van der Waals surface area contributed by atoms with Gasteiger partial charge < -0.3 is 15.0 Å². The highest BCUT2D eigenvalue weighted by molar-refractivity contribution is 7.92. The van der Waals surface area contributed by atoms with Gasteiger partial charge in [0.05, 0.1) is 17.2 Å². The standard InChI is InChI=1S/C37H39Cl2N3O5S/c1-2-47-35-20-12-11-19-33(35)42(48(45,46)31-17-7-4-8-18-31)26-36(43)41(25-28-21-22-29(38)24-32(28)39)34(23-27-13-5-3-6-14-27)37(44)40-30-15-9-10-16-30/h3-8,11-14,17-22,24,30,34H,2,9-10,15-16,23,25-26H2,1H3,(H,40,44)/t34-/m0/s1. The molecule has 0 aromatic heterocycles. The number of amides is 2. The van der Waals surface area contributed by atoms with Gasteiger partial charge in [-0.25, -0.2) is 8.42 Å². The Bertz CT molecular complexity index is 1800. The Labute approximate surface area is 292 Å². The third kappa shape index (κ3) is 8.69. The summed E-state index contributed by atoms with van der Waals surface area (Å²) in [6, 6.07) is 28.0. The number of para-hydroxylation sites is 2. The Morgan fingerprint density at radius 2 is 1.54 bits per heavy atom. The number of carbonyl (C=O) groups excluding carboxylic acids is 2. The van der Waals surface area contributed by atoms with Gasteiger partial charge in [0, 0.05) is 29.1 Å². The average Bonchev–Trinajstić information content (AvgIpc) is 3.60. The van der Waals surface area contributed by atoms with Gasteiger partial charge in [0.15, 0.2) is 0 Å². The van der Waals surface area contributed by atoms with Gasteiger partial charge in [-0.2, -0.15) is 0 Å². The number of nitrogens with zero attached hydrogens (tertiary/aromatic N) is 2. The first-order valence-electron chi connectivity index (χ1n) is 16.0. The van der Waals surface area contributed by atoms with Crippen LogP contribution in [-0.4, -0.2) is 50.4 Å². The fourth-order valence-corrected chi connectivity index (χ4v) is 7.84. The molecule has 48 heavy (non-hydrogen) atoms. The van der Waals surface area contributed by atoms with E-state index in [-0.39, 0.29) is 42.1 Å². The van der Waals surface area contributed by atoms with Gasteiger partial charge >= 0.3 is 0 Å². The maximum Gasteiger partial charge on any atom is 0.264 e. The first-order chi connectivity index (χ1) is 23.2. The highest BCUT2D eigenvalue weighted by atomic mass is 35.5. The molecule has 1 aliphatic rings. The van der Waals surface area contributed by atoms with E-state index in [0.717, 1.165) is 35.6 Å². The summed E-state index contributed by atoms with van der Waals surface area (Å²) in [5.74, 6) is -0.592. The first kappa shape index (κ1) is 35.3. The minimum atomic E-state index is -4.27. The highest BCUT2D eigenvalue weighted by Gasteiger charge is 2.36. The second-order valence-electron chi connectivity index (χ2n) is 11.7. The number of hydrogen-bond donors (Lipinski definition) is 1. The molecule has 0 aliphatic heterocycles. The second-order valence-corrected chi connectivity index (χ2v) is 14.4. The third-order valence-electron chi connectivity index (χ3n) is 8.37. The summed E-state index contributed by atoms with van der Waals surface area (Å²) in [7, 11) is -4.27. The van der Waals surface area contributed by atoms with Crippen molar-refractivity contribution in [2.24, 2.45) is 0 Å². The van der Waals surface area contributed by atoms with Crippen LogP contribution in [-0.2, 0) is 32.6 Å². The quantitative estimate of drug-likeness (QED) is 0.149. The lowest BCUT2D eigenvalue weighted by molar-refractivity contribution is -0.140. The van der Waals surface area contributed by atoms with Crippen LogP contribution >= 0.6 is 23.2 Å². The molecule has 1 saturated carbocycles. The van der Waals surface area contributed by atoms with E-state index in [2.05, 4.69) is 5.32 Å². The molecule has 1 atom stereocenters. The van der Waals surface area contributed by atoms with E-state index in [1.54, 1.807) is 67.6 Å². The molecule has 1 N–H and O–H groups in total. The number of hydrogen-bond acceptors (Lipinski definition) is 5. The molecule has 0 radical (unpaired) electrons. The van der Waals surface area contributed by atoms with Crippen molar-refractivity contribution in [2.75, 3.05) is 17.5 Å². The molecule has 0 unspecified atom stereocenters. The molecule has 11 heteroatoms. The van der Waals surface area contributed by atoms with Crippen molar-refractivity contribution in [1.29, 1.82) is 0 Å².